The Balaban J connectivity index is 0.000000196. The van der Waals surface area contributed by atoms with E-state index in [2.05, 4.69) is 183 Å². The molecule has 2 aliphatic rings. The number of sulfone groups is 2. The molecule has 0 unspecified atom stereocenters. The van der Waals surface area contributed by atoms with Gasteiger partial charge in [0.15, 0.2) is 19.7 Å². The van der Waals surface area contributed by atoms with Crippen LogP contribution in [0.2, 0.25) is 20.1 Å². The largest absolute Gasteiger partial charge is 0.507 e. The first-order chi connectivity index (χ1) is 63.1. The number of anilines is 3. The number of phenols is 1. The molecule has 133 heavy (non-hydrogen) atoms. The third-order valence-corrected chi connectivity index (χ3v) is 28.5. The third kappa shape index (κ3) is 36.1. The predicted octanol–water partition coefficient (Wildman–Crippen LogP) is 20.7. The maximum Gasteiger partial charge on any atom is 0.488 e. The van der Waals surface area contributed by atoms with Crippen molar-refractivity contribution in [3.8, 4) is 39.9 Å². The number of nitrogen functional groups attached to an aromatic ring is 1. The highest BCUT2D eigenvalue weighted by Gasteiger charge is 2.38. The first-order valence-electron chi connectivity index (χ1n) is 43.2. The predicted molar refractivity (Wildman–Crippen MR) is 571 cm³/mol. The summed E-state index contributed by atoms with van der Waals surface area (Å²) in [6.07, 6.45) is 14.9. The van der Waals surface area contributed by atoms with E-state index in [0.29, 0.717) is 65.1 Å². The number of aliphatic hydroxyl groups is 1. The molecule has 2 fully saturated rings. The summed E-state index contributed by atoms with van der Waals surface area (Å²) in [6, 6.07) is 45.2. The molecule has 6 heterocycles. The zero-order valence-corrected chi connectivity index (χ0v) is 89.6. The number of hydrogen-bond acceptors (Lipinski definition) is 23. The smallest absolute Gasteiger partial charge is 0.488 e. The Hall–Kier alpha value is -7.44. The molecule has 36 heteroatoms. The standard InChI is InChI=1S/C26H29N3O3S.C17H21BrClN3O.C17H20ClN3O.C11H15ClINO.C9H11BO4S.C6H7BrN2.C6H4ClIO.C5H13NO/c1-17-14-22-24-21(18-6-4-7-20(15-18)33(30,31)19-8-9-19)10-11-23(32-13-5-12-29(2)3)25(24)28-26(22)27-16-17;1-12-9-14(18)17(20-11-12)21-15-10-13(19)5-6-16(15)23-8-4-7-22(2)3;1-11-9-12-15-13(18)5-6-14(22-8-4-7-21(2)3)16(15)20-17(12)19-10-11;1-14(2)6-3-7-15-11-5-4-9(12)8-10(11)13;11-10(12)7-2-1-3-9(6-7)15(13,14)8-4-5-8;1-4-2-5(7)6(8)9-3-4;7-4-1-2-6(9)5(8)3-4;1-6(2)4-3-5-7/h4,6-7,10-11,14-16,19H,5,8-9,12-13H2,1-3H3,(H,27,28);5-6,9-11H,4,7-8H2,1-3H3,(H,20,21);5-6,9-10H,4,7-8H2,1-3H3,(H,19,20);4-5,8H,3,6-7H2,1-2H3;1-3,6,8,11-12H,4-5H2;2-3H,1H3,(H2,8,9);1-3,9H;7H,3-5H2,1-2H3. The fraction of sp³-hybridized carbons (Fsp3) is 0.361. The van der Waals surface area contributed by atoms with Gasteiger partial charge in [-0.3, -0.25) is 0 Å². The first-order valence-corrected chi connectivity index (χ1v) is 51.5. The third-order valence-electron chi connectivity index (χ3n) is 20.0. The van der Waals surface area contributed by atoms with Gasteiger partial charge < -0.3 is 84.7 Å². The Morgan fingerprint density at radius 2 is 0.895 bits per heavy atom. The summed E-state index contributed by atoms with van der Waals surface area (Å²) in [5.74, 6) is 4.84. The fourth-order valence-corrected chi connectivity index (χ4v) is 19.7. The van der Waals surface area contributed by atoms with Crippen LogP contribution < -0.4 is 35.5 Å². The molecular formula is C97H120BBr2Cl4I2N13O12S2. The quantitative estimate of drug-likeness (QED) is 0.0114. The van der Waals surface area contributed by atoms with E-state index in [1.165, 1.54) is 24.3 Å². The van der Waals surface area contributed by atoms with E-state index in [1.54, 1.807) is 30.5 Å². The molecule has 0 bridgehead atoms. The average Bonchev–Trinajstić information content (AvgIpc) is 1.60. The van der Waals surface area contributed by atoms with Crippen LogP contribution in [-0.4, -0.2) is 245 Å². The number of H-pyrrole nitrogens is 2. The van der Waals surface area contributed by atoms with Crippen LogP contribution in [0.5, 0.6) is 28.7 Å². The molecule has 7 aromatic carbocycles. The highest BCUT2D eigenvalue weighted by atomic mass is 127. The number of aliphatic hydroxyl groups excluding tert-OH is 1. The van der Waals surface area contributed by atoms with Crippen molar-refractivity contribution in [3.05, 3.63) is 235 Å². The highest BCUT2D eigenvalue weighted by molar-refractivity contribution is 14.1. The van der Waals surface area contributed by atoms with Crippen LogP contribution in [0.3, 0.4) is 0 Å². The minimum atomic E-state index is -3.26. The van der Waals surface area contributed by atoms with Gasteiger partial charge in [-0.25, -0.2) is 36.8 Å². The maximum absolute atomic E-state index is 12.9. The molecule has 0 radical (unpaired) electrons. The number of aromatic amines is 2. The van der Waals surface area contributed by atoms with Crippen molar-refractivity contribution in [1.29, 1.82) is 0 Å². The lowest BCUT2D eigenvalue weighted by molar-refractivity contribution is 0.263. The number of aryl methyl sites for hydroxylation is 4. The second kappa shape index (κ2) is 54.6. The van der Waals surface area contributed by atoms with E-state index in [-0.39, 0.29) is 26.6 Å². The lowest BCUT2D eigenvalue weighted by atomic mass is 9.80. The van der Waals surface area contributed by atoms with Gasteiger partial charge in [0.1, 0.15) is 51.7 Å². The zero-order valence-electron chi connectivity index (χ0n) is 77.4. The van der Waals surface area contributed by atoms with Gasteiger partial charge in [-0.1, -0.05) is 70.7 Å². The van der Waals surface area contributed by atoms with E-state index in [4.69, 9.17) is 91.3 Å². The summed E-state index contributed by atoms with van der Waals surface area (Å²) in [6.45, 7) is 16.0. The lowest BCUT2D eigenvalue weighted by Crippen LogP contribution is -2.30. The minimum absolute atomic E-state index is 0.176. The summed E-state index contributed by atoms with van der Waals surface area (Å²) in [4.78, 5) is 35.3. The van der Waals surface area contributed by atoms with E-state index >= 15 is 0 Å². The Kier molecular flexibility index (Phi) is 45.5. The van der Waals surface area contributed by atoms with Crippen molar-refractivity contribution in [2.75, 3.05) is 147 Å². The van der Waals surface area contributed by atoms with Crippen LogP contribution >= 0.6 is 123 Å². The van der Waals surface area contributed by atoms with Crippen molar-refractivity contribution in [2.45, 2.75) is 106 Å². The van der Waals surface area contributed by atoms with Gasteiger partial charge in [-0.15, -0.1) is 0 Å². The molecule has 0 atom stereocenters. The number of nitrogens with two attached hydrogens (primary N) is 1. The molecule has 13 aromatic rings. The topological polar surface area (TPSA) is 324 Å². The first kappa shape index (κ1) is 111. The summed E-state index contributed by atoms with van der Waals surface area (Å²) in [5.41, 5.74) is 16.1. The minimum Gasteiger partial charge on any atom is -0.507 e. The Morgan fingerprint density at radius 1 is 0.481 bits per heavy atom. The molecular weight excluding hydrogens is 2170 g/mol. The van der Waals surface area contributed by atoms with E-state index in [0.717, 1.165) is 217 Å². The van der Waals surface area contributed by atoms with Crippen LogP contribution in [0.1, 0.15) is 80.0 Å². The molecule has 25 nitrogen and oxygen atoms in total. The molecule has 2 aliphatic carbocycles. The Bertz CT molecular complexity index is 6140. The Morgan fingerprint density at radius 3 is 1.35 bits per heavy atom. The van der Waals surface area contributed by atoms with Crippen molar-refractivity contribution in [1.82, 2.24) is 54.4 Å². The number of aromatic hydroxyl groups is 1. The second-order valence-electron chi connectivity index (χ2n) is 33.2. The van der Waals surface area contributed by atoms with Crippen molar-refractivity contribution < 1.29 is 56.0 Å². The summed E-state index contributed by atoms with van der Waals surface area (Å²) < 4.78 is 76.6. The van der Waals surface area contributed by atoms with E-state index in [9.17, 15) is 16.8 Å². The van der Waals surface area contributed by atoms with Crippen LogP contribution in [0.4, 0.5) is 17.3 Å². The van der Waals surface area contributed by atoms with Gasteiger partial charge >= 0.3 is 7.12 Å². The number of pyridine rings is 4. The van der Waals surface area contributed by atoms with Crippen molar-refractivity contribution in [3.63, 3.8) is 0 Å². The van der Waals surface area contributed by atoms with E-state index < -0.39 is 26.8 Å². The number of nitrogens with zero attached hydrogens (tertiary/aromatic N) is 9. The summed E-state index contributed by atoms with van der Waals surface area (Å²) in [5, 5.41) is 44.7. The molecule has 9 N–H and O–H groups in total. The van der Waals surface area contributed by atoms with Crippen LogP contribution in [0, 0.1) is 34.8 Å². The number of rotatable bonds is 31. The summed E-state index contributed by atoms with van der Waals surface area (Å²) >= 11 is 35.0. The summed E-state index contributed by atoms with van der Waals surface area (Å²) in [7, 11) is 12.3. The zero-order chi connectivity index (χ0) is 97.4. The fourth-order valence-electron chi connectivity index (χ4n) is 12.9. The molecule has 0 aliphatic heterocycles. The number of aromatic nitrogens is 6. The van der Waals surface area contributed by atoms with Gasteiger partial charge in [0.25, 0.3) is 0 Å². The van der Waals surface area contributed by atoms with Crippen LogP contribution in [0.15, 0.2) is 195 Å². The number of benzene rings is 7. The molecule has 0 spiro atoms. The lowest BCUT2D eigenvalue weighted by Gasteiger charge is -2.15. The van der Waals surface area contributed by atoms with E-state index in [1.807, 2.05) is 174 Å². The highest BCUT2D eigenvalue weighted by Crippen LogP contribution is 2.43. The number of fused-ring (bicyclic) bond motifs is 6. The van der Waals surface area contributed by atoms with Gasteiger partial charge in [-0.05, 0) is 406 Å². The molecule has 716 valence electrons. The Labute approximate surface area is 847 Å². The van der Waals surface area contributed by atoms with Gasteiger partial charge in [0.2, 0.25) is 0 Å². The number of hydrogen-bond donors (Lipinski definition) is 8. The molecule has 6 aromatic heterocycles. The van der Waals surface area contributed by atoms with Crippen LogP contribution in [0.25, 0.3) is 55.0 Å². The average molecular weight is 2290 g/mol. The maximum atomic E-state index is 12.9. The van der Waals surface area contributed by atoms with Crippen molar-refractivity contribution in [2.24, 2.45) is 0 Å². The number of ether oxygens (including phenoxy) is 4. The second-order valence-corrected chi connectivity index (χ2v) is 43.5. The van der Waals surface area contributed by atoms with Gasteiger partial charge in [-0.2, -0.15) is 0 Å². The van der Waals surface area contributed by atoms with Gasteiger partial charge in [0, 0.05) is 94.2 Å². The number of nitrogens with one attached hydrogen (secondary N) is 3. The molecule has 0 saturated heterocycles. The normalized spacial score (nSPS) is 12.3. The molecule has 15 rings (SSSR count). The van der Waals surface area contributed by atoms with Crippen LogP contribution in [-0.2, 0) is 19.7 Å². The van der Waals surface area contributed by atoms with Gasteiger partial charge in [0.05, 0.1) is 84.5 Å². The number of halogens is 8. The number of phenolic OH excluding ortho intramolecular Hbond substituents is 1. The SMILES string of the molecule is CN(C)CCCO.CN(C)CCCOc1ccc(Cl)cc1I.Cc1cnc(N)c(Br)c1.Cc1cnc(Nc2cc(Cl)ccc2OCCCN(C)C)c(Br)c1.Cc1cnc2[nH]c3c(OCCCN(C)C)ccc(-c4cccc(S(=O)(=O)C5CC5)c4)c3c2c1.Cc1cnc2[nH]c3c(OCCCN(C)C)ccc(Cl)c3c2c1.O=S(=O)(c1cccc(B(O)O)c1)C1CC1.Oc1ccc(Cl)cc1I. The molecule has 2 saturated carbocycles. The van der Waals surface area contributed by atoms with Crippen molar-refractivity contribution >= 4 is 217 Å². The monoisotopic (exact) mass is 2290 g/mol. The molecule has 0 amide bonds.